The second kappa shape index (κ2) is 11.2. The Balaban J connectivity index is 1.62. The summed E-state index contributed by atoms with van der Waals surface area (Å²) in [6.45, 7) is 6.20. The molecule has 0 bridgehead atoms. The molecule has 3 rings (SSSR count). The summed E-state index contributed by atoms with van der Waals surface area (Å²) in [4.78, 5) is 40.5. The minimum Gasteiger partial charge on any atom is -0.351 e. The van der Waals surface area contributed by atoms with Gasteiger partial charge in [0.15, 0.2) is 0 Å². The van der Waals surface area contributed by atoms with Crippen molar-refractivity contribution in [3.05, 3.63) is 70.8 Å². The summed E-state index contributed by atoms with van der Waals surface area (Å²) >= 11 is 0. The van der Waals surface area contributed by atoms with E-state index >= 15 is 0 Å². The van der Waals surface area contributed by atoms with E-state index in [0.717, 1.165) is 30.2 Å². The molecule has 1 aliphatic heterocycles. The Kier molecular flexibility index (Phi) is 8.36. The quantitative estimate of drug-likeness (QED) is 0.580. The Labute approximate surface area is 198 Å². The molecule has 34 heavy (non-hydrogen) atoms. The van der Waals surface area contributed by atoms with Gasteiger partial charge in [0.1, 0.15) is 23.6 Å². The molecule has 8 heteroatoms. The fraction of sp³-hybridized carbons (Fsp3) is 0.423. The molecule has 3 atom stereocenters. The fourth-order valence-corrected chi connectivity index (χ4v) is 4.02. The van der Waals surface area contributed by atoms with E-state index in [9.17, 15) is 23.2 Å². The first kappa shape index (κ1) is 25.3. The lowest BCUT2D eigenvalue weighted by Gasteiger charge is -2.34. The highest BCUT2D eigenvalue weighted by atomic mass is 19.1. The predicted octanol–water partition coefficient (Wildman–Crippen LogP) is 3.33. The molecule has 182 valence electrons. The number of halogens is 2. The van der Waals surface area contributed by atoms with Crippen molar-refractivity contribution >= 4 is 17.7 Å². The number of amides is 3. The predicted molar refractivity (Wildman–Crippen MR) is 124 cm³/mol. The van der Waals surface area contributed by atoms with Gasteiger partial charge in [-0.25, -0.2) is 8.78 Å². The van der Waals surface area contributed by atoms with Crippen molar-refractivity contribution in [2.45, 2.75) is 52.7 Å². The summed E-state index contributed by atoms with van der Waals surface area (Å²) in [5.41, 5.74) is 2.56. The number of hydrogen-bond acceptors (Lipinski definition) is 3. The maximum Gasteiger partial charge on any atom is 0.245 e. The summed E-state index contributed by atoms with van der Waals surface area (Å²) < 4.78 is 26.7. The van der Waals surface area contributed by atoms with Gasteiger partial charge in [-0.1, -0.05) is 44.5 Å². The van der Waals surface area contributed by atoms with E-state index in [1.54, 1.807) is 4.90 Å². The van der Waals surface area contributed by atoms with Gasteiger partial charge >= 0.3 is 0 Å². The highest BCUT2D eigenvalue weighted by Crippen LogP contribution is 2.21. The van der Waals surface area contributed by atoms with E-state index in [1.165, 1.54) is 12.5 Å². The van der Waals surface area contributed by atoms with Crippen molar-refractivity contribution in [3.8, 4) is 0 Å². The topological polar surface area (TPSA) is 78.5 Å². The first-order valence-corrected chi connectivity index (χ1v) is 11.6. The van der Waals surface area contributed by atoms with Gasteiger partial charge in [-0.05, 0) is 48.1 Å². The van der Waals surface area contributed by atoms with Gasteiger partial charge in [0.25, 0.3) is 0 Å². The van der Waals surface area contributed by atoms with Crippen LogP contribution in [0.2, 0.25) is 0 Å². The average molecular weight is 472 g/mol. The Morgan fingerprint density at radius 2 is 1.65 bits per heavy atom. The summed E-state index contributed by atoms with van der Waals surface area (Å²) in [6.07, 6.45) is 1.43. The lowest BCUT2D eigenvalue weighted by molar-refractivity contribution is -0.142. The van der Waals surface area contributed by atoms with Gasteiger partial charge in [0, 0.05) is 25.7 Å². The second-order valence-corrected chi connectivity index (χ2v) is 8.87. The van der Waals surface area contributed by atoms with Gasteiger partial charge in [-0.2, -0.15) is 0 Å². The zero-order chi connectivity index (χ0) is 24.8. The van der Waals surface area contributed by atoms with E-state index in [0.29, 0.717) is 19.5 Å². The normalized spacial score (nSPS) is 15.6. The first-order valence-electron chi connectivity index (χ1n) is 11.6. The third-order valence-corrected chi connectivity index (χ3v) is 6.39. The smallest absolute Gasteiger partial charge is 0.245 e. The van der Waals surface area contributed by atoms with Crippen molar-refractivity contribution in [1.82, 2.24) is 15.5 Å². The third kappa shape index (κ3) is 6.18. The number of hydrogen-bond donors (Lipinski definition) is 2. The maximum atomic E-state index is 13.4. The van der Waals surface area contributed by atoms with Crippen molar-refractivity contribution in [2.75, 3.05) is 6.54 Å². The van der Waals surface area contributed by atoms with Crippen LogP contribution < -0.4 is 10.6 Å². The average Bonchev–Trinajstić information content (AvgIpc) is 2.83. The largest absolute Gasteiger partial charge is 0.351 e. The van der Waals surface area contributed by atoms with E-state index in [-0.39, 0.29) is 23.9 Å². The molecule has 2 N–H and O–H groups in total. The Hall–Kier alpha value is -3.29. The van der Waals surface area contributed by atoms with Crippen molar-refractivity contribution < 1.29 is 23.2 Å². The van der Waals surface area contributed by atoms with Gasteiger partial charge in [0.05, 0.1) is 0 Å². The zero-order valence-electron chi connectivity index (χ0n) is 19.7. The Morgan fingerprint density at radius 3 is 2.29 bits per heavy atom. The molecule has 0 aliphatic carbocycles. The van der Waals surface area contributed by atoms with Crippen LogP contribution in [0.25, 0.3) is 0 Å². The number of carbonyl (C=O) groups is 3. The summed E-state index contributed by atoms with van der Waals surface area (Å²) in [5.74, 6) is -4.03. The second-order valence-electron chi connectivity index (χ2n) is 8.87. The lowest BCUT2D eigenvalue weighted by atomic mass is 9.94. The van der Waals surface area contributed by atoms with E-state index in [2.05, 4.69) is 16.7 Å². The van der Waals surface area contributed by atoms with E-state index in [1.807, 2.05) is 32.0 Å². The van der Waals surface area contributed by atoms with Crippen LogP contribution in [0.5, 0.6) is 0 Å². The molecular weight excluding hydrogens is 440 g/mol. The van der Waals surface area contributed by atoms with Gasteiger partial charge < -0.3 is 15.5 Å². The molecule has 1 heterocycles. The standard InChI is InChI=1S/C26H31F2N3O3/c1-4-16(2)23(26(34)31-10-9-19-7-5-6-8-20(19)15-31)30-25(33)17(3)24(32)29-14-18-11-21(27)13-22(28)12-18/h5-8,11-13,16-17,23H,4,9-10,14-15H2,1-3H3,(H,29,32)(H,30,33). The van der Waals surface area contributed by atoms with Crippen LogP contribution in [0, 0.1) is 23.5 Å². The first-order chi connectivity index (χ1) is 16.2. The number of nitrogens with zero attached hydrogens (tertiary/aromatic N) is 1. The molecule has 0 spiro atoms. The Morgan fingerprint density at radius 1 is 1.00 bits per heavy atom. The molecule has 0 saturated heterocycles. The molecule has 0 radical (unpaired) electrons. The Bertz CT molecular complexity index is 1040. The van der Waals surface area contributed by atoms with Crippen molar-refractivity contribution in [2.24, 2.45) is 11.8 Å². The summed E-state index contributed by atoms with van der Waals surface area (Å²) in [7, 11) is 0. The third-order valence-electron chi connectivity index (χ3n) is 6.39. The SMILES string of the molecule is CCC(C)C(NC(=O)C(C)C(=O)NCc1cc(F)cc(F)c1)C(=O)N1CCc2ccccc2C1. The van der Waals surface area contributed by atoms with Crippen LogP contribution in [0.1, 0.15) is 43.9 Å². The van der Waals surface area contributed by atoms with E-state index in [4.69, 9.17) is 0 Å². The minimum absolute atomic E-state index is 0.119. The summed E-state index contributed by atoms with van der Waals surface area (Å²) in [6, 6.07) is 10.2. The van der Waals surface area contributed by atoms with Gasteiger partial charge in [0.2, 0.25) is 17.7 Å². The maximum absolute atomic E-state index is 13.4. The lowest BCUT2D eigenvalue weighted by Crippen LogP contribution is -2.54. The van der Waals surface area contributed by atoms with Gasteiger partial charge in [-0.3, -0.25) is 14.4 Å². The van der Waals surface area contributed by atoms with Crippen molar-refractivity contribution in [3.63, 3.8) is 0 Å². The number of fused-ring (bicyclic) bond motifs is 1. The van der Waals surface area contributed by atoms with Gasteiger partial charge in [-0.15, -0.1) is 0 Å². The van der Waals surface area contributed by atoms with Crippen LogP contribution >= 0.6 is 0 Å². The molecule has 3 unspecified atom stereocenters. The number of carbonyl (C=O) groups excluding carboxylic acids is 3. The molecule has 0 aromatic heterocycles. The summed E-state index contributed by atoms with van der Waals surface area (Å²) in [5, 5.41) is 5.30. The highest BCUT2D eigenvalue weighted by molar-refractivity contribution is 6.01. The van der Waals surface area contributed by atoms with Crippen LogP contribution in [-0.4, -0.2) is 35.2 Å². The molecule has 6 nitrogen and oxygen atoms in total. The van der Waals surface area contributed by atoms with Crippen LogP contribution in [0.3, 0.4) is 0 Å². The fourth-order valence-electron chi connectivity index (χ4n) is 4.02. The molecule has 2 aromatic rings. The van der Waals surface area contributed by atoms with Crippen LogP contribution in [0.4, 0.5) is 8.78 Å². The van der Waals surface area contributed by atoms with Crippen molar-refractivity contribution in [1.29, 1.82) is 0 Å². The van der Waals surface area contributed by atoms with Crippen LogP contribution in [-0.2, 0) is 33.9 Å². The van der Waals surface area contributed by atoms with E-state index < -0.39 is 35.4 Å². The zero-order valence-corrected chi connectivity index (χ0v) is 19.7. The monoisotopic (exact) mass is 471 g/mol. The number of nitrogens with one attached hydrogen (secondary N) is 2. The highest BCUT2D eigenvalue weighted by Gasteiger charge is 2.33. The molecule has 2 aromatic carbocycles. The minimum atomic E-state index is -1.08. The molecule has 0 fully saturated rings. The molecular formula is C26H31F2N3O3. The number of rotatable bonds is 8. The molecule has 0 saturated carbocycles. The molecule has 3 amide bonds. The molecule has 1 aliphatic rings. The van der Waals surface area contributed by atoms with Crippen LogP contribution in [0.15, 0.2) is 42.5 Å². The number of benzene rings is 2.